The molecule has 0 unspecified atom stereocenters. The molecule has 0 aliphatic heterocycles. The van der Waals surface area contributed by atoms with Crippen LogP contribution >= 0.6 is 0 Å². The van der Waals surface area contributed by atoms with Crippen molar-refractivity contribution in [1.29, 1.82) is 0 Å². The summed E-state index contributed by atoms with van der Waals surface area (Å²) in [4.78, 5) is 11.0. The number of carbonyl (C=O) groups excluding carboxylic acids is 1. The Morgan fingerprint density at radius 2 is 2.08 bits per heavy atom. The number of ketones is 1. The van der Waals surface area contributed by atoms with E-state index in [1.54, 1.807) is 6.92 Å². The average molecular weight is 258 g/mol. The molecule has 1 aromatic rings. The van der Waals surface area contributed by atoms with Crippen molar-refractivity contribution < 1.29 is 46.3 Å². The van der Waals surface area contributed by atoms with Crippen LogP contribution in [0.1, 0.15) is 23.7 Å². The smallest absolute Gasteiger partial charge is 0.111 e. The molecular formula is C9H7F2OY-. The molecule has 0 saturated heterocycles. The zero-order chi connectivity index (χ0) is 9.14. The topological polar surface area (TPSA) is 17.1 Å². The van der Waals surface area contributed by atoms with E-state index in [2.05, 4.69) is 6.07 Å². The number of rotatable bonds is 2. The molecular weight excluding hydrogens is 251 g/mol. The molecule has 4 heteroatoms. The number of halogens is 2. The van der Waals surface area contributed by atoms with Crippen molar-refractivity contribution in [2.45, 2.75) is 13.3 Å². The minimum absolute atomic E-state index is 0. The van der Waals surface area contributed by atoms with Gasteiger partial charge in [-0.2, -0.15) is 12.1 Å². The van der Waals surface area contributed by atoms with E-state index in [0.717, 1.165) is 12.1 Å². The van der Waals surface area contributed by atoms with Gasteiger partial charge in [0.2, 0.25) is 0 Å². The molecule has 0 aliphatic rings. The fourth-order valence-electron chi connectivity index (χ4n) is 0.847. The molecule has 0 saturated carbocycles. The van der Waals surface area contributed by atoms with Gasteiger partial charge in [-0.05, 0) is 6.42 Å². The third-order valence-corrected chi connectivity index (χ3v) is 1.51. The molecule has 67 valence electrons. The molecule has 1 rings (SSSR count). The summed E-state index contributed by atoms with van der Waals surface area (Å²) in [7, 11) is 0. The fourth-order valence-corrected chi connectivity index (χ4v) is 0.847. The van der Waals surface area contributed by atoms with Crippen molar-refractivity contribution in [1.82, 2.24) is 0 Å². The molecule has 0 aliphatic carbocycles. The van der Waals surface area contributed by atoms with E-state index in [1.165, 1.54) is 0 Å². The Labute approximate surface area is 100 Å². The van der Waals surface area contributed by atoms with Crippen molar-refractivity contribution in [3.8, 4) is 0 Å². The van der Waals surface area contributed by atoms with E-state index < -0.39 is 17.4 Å². The first-order valence-electron chi connectivity index (χ1n) is 3.55. The quantitative estimate of drug-likeness (QED) is 0.587. The maximum absolute atomic E-state index is 12.8. The van der Waals surface area contributed by atoms with Crippen LogP contribution in [0.2, 0.25) is 0 Å². The summed E-state index contributed by atoms with van der Waals surface area (Å²) < 4.78 is 25.3. The van der Waals surface area contributed by atoms with Crippen LogP contribution in [0.3, 0.4) is 0 Å². The average Bonchev–Trinajstić information content (AvgIpc) is 2.08. The normalized spacial score (nSPS) is 9.15. The van der Waals surface area contributed by atoms with Gasteiger partial charge in [-0.25, -0.2) is 4.39 Å². The predicted molar refractivity (Wildman–Crippen MR) is 39.8 cm³/mol. The number of hydrogen-bond acceptors (Lipinski definition) is 1. The zero-order valence-corrected chi connectivity index (χ0v) is 9.94. The summed E-state index contributed by atoms with van der Waals surface area (Å²) >= 11 is 0. The molecule has 0 atom stereocenters. The molecule has 0 fully saturated rings. The Bertz CT molecular complexity index is 312. The monoisotopic (exact) mass is 258 g/mol. The third kappa shape index (κ3) is 2.92. The maximum atomic E-state index is 12.8. The van der Waals surface area contributed by atoms with Crippen LogP contribution in [0.5, 0.6) is 0 Å². The van der Waals surface area contributed by atoms with Crippen molar-refractivity contribution in [3.63, 3.8) is 0 Å². The molecule has 0 bridgehead atoms. The third-order valence-electron chi connectivity index (χ3n) is 1.51. The van der Waals surface area contributed by atoms with Crippen molar-refractivity contribution in [2.24, 2.45) is 0 Å². The summed E-state index contributed by atoms with van der Waals surface area (Å²) in [5.41, 5.74) is -0.225. The number of carbonyl (C=O) groups is 1. The summed E-state index contributed by atoms with van der Waals surface area (Å²) in [6.07, 6.45) is 0.161. The van der Waals surface area contributed by atoms with E-state index in [9.17, 15) is 13.6 Å². The van der Waals surface area contributed by atoms with Crippen LogP contribution in [0, 0.1) is 17.7 Å². The van der Waals surface area contributed by atoms with Gasteiger partial charge in [-0.15, -0.1) is 6.07 Å². The van der Waals surface area contributed by atoms with Crippen LogP contribution in [-0.2, 0) is 32.7 Å². The van der Waals surface area contributed by atoms with E-state index in [-0.39, 0.29) is 44.7 Å². The largest absolute Gasteiger partial charge is 0.309 e. The fraction of sp³-hybridized carbons (Fsp3) is 0.222. The number of benzene rings is 1. The van der Waals surface area contributed by atoms with E-state index in [0.29, 0.717) is 0 Å². The van der Waals surface area contributed by atoms with Crippen molar-refractivity contribution in [2.75, 3.05) is 0 Å². The molecule has 1 nitrogen and oxygen atoms in total. The molecule has 0 spiro atoms. The van der Waals surface area contributed by atoms with Gasteiger partial charge in [0.15, 0.2) is 0 Å². The van der Waals surface area contributed by atoms with Gasteiger partial charge < -0.3 is 4.79 Å². The Morgan fingerprint density at radius 3 is 2.62 bits per heavy atom. The summed E-state index contributed by atoms with van der Waals surface area (Å²) in [5.74, 6) is -2.53. The second-order valence-corrected chi connectivity index (χ2v) is 2.31. The number of Topliss-reactive ketones (excluding diaryl/α,β-unsaturated/α-hetero) is 1. The van der Waals surface area contributed by atoms with Gasteiger partial charge >= 0.3 is 0 Å². The molecule has 1 aromatic carbocycles. The Hall–Kier alpha value is -0.146. The Kier molecular flexibility index (Phi) is 5.49. The second-order valence-electron chi connectivity index (χ2n) is 2.31. The maximum Gasteiger partial charge on any atom is 0.111 e. The van der Waals surface area contributed by atoms with Crippen LogP contribution in [-0.4, -0.2) is 5.78 Å². The van der Waals surface area contributed by atoms with Crippen molar-refractivity contribution in [3.05, 3.63) is 35.4 Å². The molecule has 0 amide bonds. The summed E-state index contributed by atoms with van der Waals surface area (Å²) in [6.45, 7) is 1.59. The number of hydrogen-bond donors (Lipinski definition) is 0. The standard InChI is InChI=1S/C9H7F2O.Y/c1-2-8(12)6-4-3-5-7(10)9(6)11;/h4-5H,2H2,1H3;/q-1;. The van der Waals surface area contributed by atoms with Crippen LogP contribution in [0.4, 0.5) is 8.78 Å². The molecule has 13 heavy (non-hydrogen) atoms. The molecule has 0 heterocycles. The van der Waals surface area contributed by atoms with Gasteiger partial charge in [0.25, 0.3) is 0 Å². The van der Waals surface area contributed by atoms with Crippen LogP contribution in [0.25, 0.3) is 0 Å². The Balaban J connectivity index is 0.00000144. The Morgan fingerprint density at radius 1 is 1.46 bits per heavy atom. The van der Waals surface area contributed by atoms with E-state index in [4.69, 9.17) is 0 Å². The molecule has 0 aromatic heterocycles. The van der Waals surface area contributed by atoms with Gasteiger partial charge in [-0.3, -0.25) is 4.39 Å². The van der Waals surface area contributed by atoms with Gasteiger partial charge in [0.1, 0.15) is 5.78 Å². The minimum Gasteiger partial charge on any atom is -0.309 e. The van der Waals surface area contributed by atoms with Crippen molar-refractivity contribution >= 4 is 5.78 Å². The zero-order valence-electron chi connectivity index (χ0n) is 7.10. The molecule has 1 radical (unpaired) electrons. The minimum atomic E-state index is -1.08. The van der Waals surface area contributed by atoms with Gasteiger partial charge in [-0.1, -0.05) is 12.5 Å². The van der Waals surface area contributed by atoms with E-state index >= 15 is 0 Å². The van der Waals surface area contributed by atoms with Crippen LogP contribution < -0.4 is 0 Å². The van der Waals surface area contributed by atoms with E-state index in [1.807, 2.05) is 0 Å². The second kappa shape index (κ2) is 5.56. The first kappa shape index (κ1) is 12.9. The first-order valence-corrected chi connectivity index (χ1v) is 3.55. The summed E-state index contributed by atoms with van der Waals surface area (Å²) in [6, 6.07) is 4.37. The SMILES string of the molecule is CCC(=O)c1c[c-]cc(F)c1F.[Y]. The van der Waals surface area contributed by atoms with Gasteiger partial charge in [0, 0.05) is 38.5 Å². The van der Waals surface area contributed by atoms with Crippen LogP contribution in [0.15, 0.2) is 12.1 Å². The predicted octanol–water partition coefficient (Wildman–Crippen LogP) is 2.36. The first-order chi connectivity index (χ1) is 5.66. The van der Waals surface area contributed by atoms with Gasteiger partial charge in [0.05, 0.1) is 5.82 Å². The molecule has 0 N–H and O–H groups in total. The summed E-state index contributed by atoms with van der Waals surface area (Å²) in [5, 5.41) is 0.